The van der Waals surface area contributed by atoms with E-state index in [4.69, 9.17) is 14.2 Å². The van der Waals surface area contributed by atoms with Crippen LogP contribution in [0.5, 0.6) is 11.5 Å². The summed E-state index contributed by atoms with van der Waals surface area (Å²) in [6.45, 7) is 3.82. The summed E-state index contributed by atoms with van der Waals surface area (Å²) in [7, 11) is 1.49. The van der Waals surface area contributed by atoms with Gasteiger partial charge >= 0.3 is 6.18 Å². The molecule has 1 N–H and O–H groups in total. The highest BCUT2D eigenvalue weighted by Gasteiger charge is 2.35. The number of halogens is 3. The average molecular weight is 585 g/mol. The summed E-state index contributed by atoms with van der Waals surface area (Å²) in [4.78, 5) is 23.2. The number of morpholine rings is 1. The lowest BCUT2D eigenvalue weighted by atomic mass is 10.1. The van der Waals surface area contributed by atoms with Crippen molar-refractivity contribution in [2.24, 2.45) is 0 Å². The third-order valence-corrected chi connectivity index (χ3v) is 6.43. The number of hydrogen-bond donors (Lipinski definition) is 1. The van der Waals surface area contributed by atoms with Gasteiger partial charge in [-0.3, -0.25) is 4.79 Å². The first kappa shape index (κ1) is 28.7. The van der Waals surface area contributed by atoms with Gasteiger partial charge < -0.3 is 24.4 Å². The number of anilines is 2. The van der Waals surface area contributed by atoms with Gasteiger partial charge in [-0.2, -0.15) is 13.2 Å². The molecule has 3 heterocycles. The van der Waals surface area contributed by atoms with Gasteiger partial charge in [-0.15, -0.1) is 5.10 Å². The van der Waals surface area contributed by atoms with Gasteiger partial charge in [-0.1, -0.05) is 6.07 Å². The number of carbonyl (C=O) groups excluding carboxylic acids is 1. The predicted octanol–water partition coefficient (Wildman–Crippen LogP) is 3.84. The lowest BCUT2D eigenvalue weighted by molar-refractivity contribution is -0.139. The van der Waals surface area contributed by atoms with Gasteiger partial charge in [0.05, 0.1) is 38.1 Å². The van der Waals surface area contributed by atoms with E-state index in [0.29, 0.717) is 54.4 Å². The van der Waals surface area contributed by atoms with Gasteiger partial charge in [0.15, 0.2) is 0 Å². The Morgan fingerprint density at radius 1 is 1.07 bits per heavy atom. The number of carbonyl (C=O) groups is 1. The molecule has 2 aromatic heterocycles. The highest BCUT2D eigenvalue weighted by Crippen LogP contribution is 2.39. The van der Waals surface area contributed by atoms with Crippen molar-refractivity contribution in [2.45, 2.75) is 25.7 Å². The van der Waals surface area contributed by atoms with E-state index in [1.807, 2.05) is 0 Å². The van der Waals surface area contributed by atoms with Gasteiger partial charge in [-0.05, 0) is 53.2 Å². The Hall–Kier alpha value is -4.79. The minimum atomic E-state index is -4.62. The van der Waals surface area contributed by atoms with Crippen molar-refractivity contribution in [1.29, 1.82) is 0 Å². The summed E-state index contributed by atoms with van der Waals surface area (Å²) in [6.07, 6.45) is -0.959. The molecule has 0 bridgehead atoms. The molecule has 0 radical (unpaired) electrons. The van der Waals surface area contributed by atoms with Gasteiger partial charge in [-0.25, -0.2) is 14.6 Å². The Balaban J connectivity index is 1.32. The monoisotopic (exact) mass is 584 g/mol. The second-order valence-corrected chi connectivity index (χ2v) is 9.41. The molecule has 15 heteroatoms. The summed E-state index contributed by atoms with van der Waals surface area (Å²) in [6, 6.07) is 8.61. The van der Waals surface area contributed by atoms with Crippen molar-refractivity contribution in [1.82, 2.24) is 35.1 Å². The maximum atomic E-state index is 13.7. The molecule has 1 fully saturated rings. The molecule has 2 aromatic carbocycles. The largest absolute Gasteiger partial charge is 0.495 e. The van der Waals surface area contributed by atoms with Crippen molar-refractivity contribution in [3.8, 4) is 22.6 Å². The molecule has 1 saturated heterocycles. The first-order valence-electron chi connectivity index (χ1n) is 12.9. The van der Waals surface area contributed by atoms with E-state index in [0.717, 1.165) is 6.07 Å². The molecule has 0 unspecified atom stereocenters. The standard InChI is InChI=1S/C27H27F3N8O4/c1-17(15-38-16-33-35-36-38)42-23-11-18(3-5-21(23)27(28,29)30)20-13-31-26(32-14-20)34-22-6-4-19(12-24(22)40-2)25(39)37-7-9-41-10-8-37/h3-6,11-14,16-17H,7-10,15H2,1-2H3,(H,31,32,34)/t17-/m0/s1. The van der Waals surface area contributed by atoms with Crippen LogP contribution >= 0.6 is 0 Å². The molecule has 1 aliphatic rings. The average Bonchev–Trinajstić information content (AvgIpc) is 3.50. The maximum absolute atomic E-state index is 13.7. The van der Waals surface area contributed by atoms with Crippen molar-refractivity contribution in [2.75, 3.05) is 38.7 Å². The van der Waals surface area contributed by atoms with E-state index in [-0.39, 0.29) is 24.1 Å². The van der Waals surface area contributed by atoms with E-state index >= 15 is 0 Å². The lowest BCUT2D eigenvalue weighted by Gasteiger charge is -2.27. The van der Waals surface area contributed by atoms with Crippen molar-refractivity contribution in [3.63, 3.8) is 0 Å². The molecule has 42 heavy (non-hydrogen) atoms. The zero-order valence-corrected chi connectivity index (χ0v) is 22.7. The van der Waals surface area contributed by atoms with Crippen molar-refractivity contribution >= 4 is 17.5 Å². The predicted molar refractivity (Wildman–Crippen MR) is 143 cm³/mol. The van der Waals surface area contributed by atoms with Crippen LogP contribution in [0.3, 0.4) is 0 Å². The van der Waals surface area contributed by atoms with Gasteiger partial charge in [0.2, 0.25) is 5.95 Å². The highest BCUT2D eigenvalue weighted by molar-refractivity contribution is 5.95. The Morgan fingerprint density at radius 2 is 1.83 bits per heavy atom. The summed E-state index contributed by atoms with van der Waals surface area (Å²) in [5.41, 5.74) is 1.01. The van der Waals surface area contributed by atoms with Crippen LogP contribution in [0.4, 0.5) is 24.8 Å². The first-order chi connectivity index (χ1) is 20.2. The second kappa shape index (κ2) is 12.4. The number of tetrazole rings is 1. The molecular weight excluding hydrogens is 557 g/mol. The topological polar surface area (TPSA) is 129 Å². The zero-order valence-electron chi connectivity index (χ0n) is 22.7. The Labute approximate surface area is 238 Å². The first-order valence-corrected chi connectivity index (χ1v) is 12.9. The Kier molecular flexibility index (Phi) is 8.47. The minimum absolute atomic E-state index is 0.117. The Morgan fingerprint density at radius 3 is 2.50 bits per heavy atom. The quantitative estimate of drug-likeness (QED) is 0.310. The number of aromatic nitrogens is 6. The molecule has 12 nitrogen and oxygen atoms in total. The maximum Gasteiger partial charge on any atom is 0.419 e. The lowest BCUT2D eigenvalue weighted by Crippen LogP contribution is -2.40. The van der Waals surface area contributed by atoms with E-state index < -0.39 is 17.8 Å². The number of amides is 1. The zero-order chi connectivity index (χ0) is 29.7. The summed E-state index contributed by atoms with van der Waals surface area (Å²) in [5, 5.41) is 13.8. The van der Waals surface area contributed by atoms with Crippen LogP contribution in [0.1, 0.15) is 22.8 Å². The van der Waals surface area contributed by atoms with E-state index in [2.05, 4.69) is 30.8 Å². The van der Waals surface area contributed by atoms with Gasteiger partial charge in [0.1, 0.15) is 23.9 Å². The van der Waals surface area contributed by atoms with Crippen LogP contribution in [0.2, 0.25) is 0 Å². The third-order valence-electron chi connectivity index (χ3n) is 6.43. The third kappa shape index (κ3) is 6.74. The number of benzene rings is 2. The number of methoxy groups -OCH3 is 1. The molecule has 1 atom stereocenters. The second-order valence-electron chi connectivity index (χ2n) is 9.41. The molecule has 0 spiro atoms. The fourth-order valence-electron chi connectivity index (χ4n) is 4.35. The van der Waals surface area contributed by atoms with Crippen LogP contribution in [0.25, 0.3) is 11.1 Å². The number of ether oxygens (including phenoxy) is 3. The summed E-state index contributed by atoms with van der Waals surface area (Å²) in [5.74, 6) is 0.192. The van der Waals surface area contributed by atoms with E-state index in [1.165, 1.54) is 42.6 Å². The minimum Gasteiger partial charge on any atom is -0.495 e. The van der Waals surface area contributed by atoms with Crippen LogP contribution < -0.4 is 14.8 Å². The van der Waals surface area contributed by atoms with Crippen molar-refractivity contribution in [3.05, 3.63) is 66.2 Å². The highest BCUT2D eigenvalue weighted by atomic mass is 19.4. The number of nitrogens with zero attached hydrogens (tertiary/aromatic N) is 7. The molecule has 4 aromatic rings. The summed E-state index contributed by atoms with van der Waals surface area (Å²) < 4.78 is 58.9. The Bertz CT molecular complexity index is 1510. The molecule has 1 aliphatic heterocycles. The molecule has 0 saturated carbocycles. The smallest absolute Gasteiger partial charge is 0.419 e. The number of alkyl halides is 3. The molecule has 220 valence electrons. The fraction of sp³-hybridized carbons (Fsp3) is 0.333. The van der Waals surface area contributed by atoms with Gasteiger partial charge in [0, 0.05) is 36.6 Å². The molecular formula is C27H27F3N8O4. The van der Waals surface area contributed by atoms with Crippen LogP contribution in [0, 0.1) is 0 Å². The van der Waals surface area contributed by atoms with Crippen LogP contribution in [-0.4, -0.2) is 80.5 Å². The number of nitrogens with one attached hydrogen (secondary N) is 1. The van der Waals surface area contributed by atoms with Crippen LogP contribution in [-0.2, 0) is 17.5 Å². The molecule has 0 aliphatic carbocycles. The molecule has 1 amide bonds. The van der Waals surface area contributed by atoms with Crippen molar-refractivity contribution < 1.29 is 32.2 Å². The SMILES string of the molecule is COc1cc(C(=O)N2CCOCC2)ccc1Nc1ncc(-c2ccc(C(F)(F)F)c(O[C@@H](C)Cn3cnnn3)c2)cn1. The normalized spacial score (nSPS) is 14.4. The van der Waals surface area contributed by atoms with E-state index in [9.17, 15) is 18.0 Å². The van der Waals surface area contributed by atoms with Crippen LogP contribution in [0.15, 0.2) is 55.1 Å². The van der Waals surface area contributed by atoms with E-state index in [1.54, 1.807) is 30.0 Å². The molecule has 5 rings (SSSR count). The summed E-state index contributed by atoms with van der Waals surface area (Å²) >= 11 is 0. The fourth-order valence-corrected chi connectivity index (χ4v) is 4.35. The van der Waals surface area contributed by atoms with Gasteiger partial charge in [0.25, 0.3) is 5.91 Å². The number of hydrogen-bond acceptors (Lipinski definition) is 10. The number of rotatable bonds is 9.